The number of rotatable bonds is 61. The summed E-state index contributed by atoms with van der Waals surface area (Å²) in [6.45, 7) is 4.20. The second-order valence-corrected chi connectivity index (χ2v) is 22.5. The van der Waals surface area contributed by atoms with E-state index in [9.17, 15) is 15.0 Å². The molecule has 0 aliphatic heterocycles. The average Bonchev–Trinajstić information content (AvgIpc) is 3.44. The Morgan fingerprint density at radius 3 is 0.897 bits per heavy atom. The summed E-state index contributed by atoms with van der Waals surface area (Å²) in [5, 5.41) is 23.2. The van der Waals surface area contributed by atoms with E-state index in [2.05, 4.69) is 129 Å². The summed E-state index contributed by atoms with van der Waals surface area (Å²) in [6.07, 6.45) is 104. The fraction of sp³-hybridized carbons (Fsp3) is 0.716. The molecule has 2 atom stereocenters. The zero-order valence-electron chi connectivity index (χ0n) is 51.7. The van der Waals surface area contributed by atoms with Crippen molar-refractivity contribution in [1.29, 1.82) is 0 Å². The van der Waals surface area contributed by atoms with Crippen LogP contribution in [0.2, 0.25) is 0 Å². The Balaban J connectivity index is 3.57. The number of aliphatic hydroxyl groups is 2. The predicted octanol–water partition coefficient (Wildman–Crippen LogP) is 23.2. The quantitative estimate of drug-likeness (QED) is 0.0420. The Kier molecular flexibility index (Phi) is 65.3. The number of carbonyl (C=O) groups is 1. The molecule has 78 heavy (non-hydrogen) atoms. The Morgan fingerprint density at radius 1 is 0.321 bits per heavy atom. The zero-order chi connectivity index (χ0) is 56.2. The van der Waals surface area contributed by atoms with Crippen molar-refractivity contribution in [2.24, 2.45) is 0 Å². The van der Waals surface area contributed by atoms with Crippen molar-refractivity contribution in [3.05, 3.63) is 122 Å². The summed E-state index contributed by atoms with van der Waals surface area (Å²) < 4.78 is 0. The molecule has 0 bridgehead atoms. The number of nitrogens with one attached hydrogen (secondary N) is 1. The molecule has 3 N–H and O–H groups in total. The Bertz CT molecular complexity index is 1510. The Morgan fingerprint density at radius 2 is 0.577 bits per heavy atom. The lowest BCUT2D eigenvalue weighted by Crippen LogP contribution is -2.45. The maximum atomic E-state index is 12.5. The second-order valence-electron chi connectivity index (χ2n) is 22.5. The van der Waals surface area contributed by atoms with Crippen molar-refractivity contribution in [3.8, 4) is 0 Å². The molecule has 0 heterocycles. The lowest BCUT2D eigenvalue weighted by Gasteiger charge is -2.19. The largest absolute Gasteiger partial charge is 0.394 e. The predicted molar refractivity (Wildman–Crippen MR) is 349 cm³/mol. The maximum absolute atomic E-state index is 12.5. The van der Waals surface area contributed by atoms with E-state index in [1.165, 1.54) is 212 Å². The normalized spacial score (nSPS) is 13.5. The fourth-order valence-electron chi connectivity index (χ4n) is 9.84. The van der Waals surface area contributed by atoms with E-state index in [-0.39, 0.29) is 12.5 Å². The first-order valence-electron chi connectivity index (χ1n) is 33.7. The first-order chi connectivity index (χ1) is 38.7. The molecular formula is C74H129NO3. The molecule has 0 rings (SSSR count). The monoisotopic (exact) mass is 1080 g/mol. The van der Waals surface area contributed by atoms with Crippen LogP contribution in [0.1, 0.15) is 322 Å². The number of unbranched alkanes of at least 4 members (excludes halogenated alkanes) is 36. The minimum absolute atomic E-state index is 0.0833. The smallest absolute Gasteiger partial charge is 0.220 e. The zero-order valence-corrected chi connectivity index (χ0v) is 51.7. The number of aliphatic hydroxyl groups excluding tert-OH is 2. The van der Waals surface area contributed by atoms with Crippen molar-refractivity contribution in [2.45, 2.75) is 334 Å². The number of hydrogen-bond acceptors (Lipinski definition) is 3. The maximum Gasteiger partial charge on any atom is 0.220 e. The van der Waals surface area contributed by atoms with Crippen LogP contribution in [0.3, 0.4) is 0 Å². The van der Waals surface area contributed by atoms with E-state index in [1.54, 1.807) is 6.08 Å². The molecule has 4 heteroatoms. The molecule has 2 unspecified atom stereocenters. The summed E-state index contributed by atoms with van der Waals surface area (Å²) >= 11 is 0. The van der Waals surface area contributed by atoms with Gasteiger partial charge in [0.25, 0.3) is 0 Å². The molecule has 0 aliphatic rings. The molecule has 1 amide bonds. The molecular weight excluding hydrogens is 951 g/mol. The van der Waals surface area contributed by atoms with Crippen molar-refractivity contribution in [1.82, 2.24) is 5.32 Å². The van der Waals surface area contributed by atoms with E-state index >= 15 is 0 Å². The molecule has 448 valence electrons. The first-order valence-corrected chi connectivity index (χ1v) is 33.7. The minimum Gasteiger partial charge on any atom is -0.394 e. The molecule has 4 nitrogen and oxygen atoms in total. The summed E-state index contributed by atoms with van der Waals surface area (Å²) in [4.78, 5) is 12.5. The van der Waals surface area contributed by atoms with Crippen LogP contribution in [0.25, 0.3) is 0 Å². The molecule has 0 aliphatic carbocycles. The average molecular weight is 1080 g/mol. The van der Waals surface area contributed by atoms with Crippen LogP contribution in [0.4, 0.5) is 0 Å². The SMILES string of the molecule is CC/C=C\C/C=C\C/C=C\C/C=C\C/C=C\C/C=C\C/C=C\CCCCCCCCCCCCCC(=O)NC(CO)C(O)/C=C/CC/C=C/CC/C=C/CCCCCCCCCCCCCCCCCCCCCCCCC. The van der Waals surface area contributed by atoms with Crippen molar-refractivity contribution >= 4 is 5.91 Å². The molecule has 0 aromatic rings. The highest BCUT2D eigenvalue weighted by Gasteiger charge is 2.18. The fourth-order valence-corrected chi connectivity index (χ4v) is 9.84. The highest BCUT2D eigenvalue weighted by molar-refractivity contribution is 5.76. The number of carbonyl (C=O) groups excluding carboxylic acids is 1. The topological polar surface area (TPSA) is 69.6 Å². The summed E-state index contributed by atoms with van der Waals surface area (Å²) in [5.74, 6) is -0.0833. The molecule has 0 aromatic heterocycles. The van der Waals surface area contributed by atoms with Crippen molar-refractivity contribution in [3.63, 3.8) is 0 Å². The lowest BCUT2D eigenvalue weighted by atomic mass is 10.0. The van der Waals surface area contributed by atoms with Gasteiger partial charge in [-0.2, -0.15) is 0 Å². The number of allylic oxidation sites excluding steroid dienone is 19. The molecule has 0 aromatic carbocycles. The van der Waals surface area contributed by atoms with Crippen molar-refractivity contribution in [2.75, 3.05) is 6.61 Å². The Hall–Kier alpha value is -3.21. The Labute approximate surface area is 486 Å². The van der Waals surface area contributed by atoms with Gasteiger partial charge in [-0.05, 0) is 103 Å². The number of hydrogen-bond donors (Lipinski definition) is 3. The van der Waals surface area contributed by atoms with Crippen LogP contribution < -0.4 is 5.32 Å². The van der Waals surface area contributed by atoms with Crippen LogP contribution in [-0.2, 0) is 4.79 Å². The minimum atomic E-state index is -0.882. The molecule has 0 saturated carbocycles. The van der Waals surface area contributed by atoms with Gasteiger partial charge < -0.3 is 15.5 Å². The summed E-state index contributed by atoms with van der Waals surface area (Å²) in [5.41, 5.74) is 0. The number of amides is 1. The van der Waals surface area contributed by atoms with E-state index < -0.39 is 12.1 Å². The van der Waals surface area contributed by atoms with Gasteiger partial charge in [0.15, 0.2) is 0 Å². The third-order valence-electron chi connectivity index (χ3n) is 14.9. The second kappa shape index (κ2) is 68.1. The van der Waals surface area contributed by atoms with Crippen LogP contribution in [0.15, 0.2) is 122 Å². The van der Waals surface area contributed by atoms with Gasteiger partial charge in [-0.3, -0.25) is 4.79 Å². The van der Waals surface area contributed by atoms with E-state index in [0.29, 0.717) is 6.42 Å². The van der Waals surface area contributed by atoms with Crippen LogP contribution in [0.5, 0.6) is 0 Å². The van der Waals surface area contributed by atoms with E-state index in [0.717, 1.165) is 89.9 Å². The highest BCUT2D eigenvalue weighted by atomic mass is 16.3. The van der Waals surface area contributed by atoms with Crippen LogP contribution >= 0.6 is 0 Å². The third-order valence-corrected chi connectivity index (χ3v) is 14.9. The van der Waals surface area contributed by atoms with Crippen LogP contribution in [-0.4, -0.2) is 34.9 Å². The van der Waals surface area contributed by atoms with E-state index in [1.807, 2.05) is 6.08 Å². The molecule has 0 radical (unpaired) electrons. The summed E-state index contributed by atoms with van der Waals surface area (Å²) in [6, 6.07) is -0.658. The third kappa shape index (κ3) is 63.6. The van der Waals surface area contributed by atoms with Crippen LogP contribution in [0, 0.1) is 0 Å². The molecule has 0 saturated heterocycles. The van der Waals surface area contributed by atoms with Gasteiger partial charge in [-0.1, -0.05) is 334 Å². The van der Waals surface area contributed by atoms with Gasteiger partial charge in [-0.15, -0.1) is 0 Å². The van der Waals surface area contributed by atoms with Gasteiger partial charge in [0.2, 0.25) is 5.91 Å². The van der Waals surface area contributed by atoms with Gasteiger partial charge in [0.1, 0.15) is 0 Å². The van der Waals surface area contributed by atoms with E-state index in [4.69, 9.17) is 0 Å². The van der Waals surface area contributed by atoms with Gasteiger partial charge in [0.05, 0.1) is 18.8 Å². The summed E-state index contributed by atoms with van der Waals surface area (Å²) in [7, 11) is 0. The van der Waals surface area contributed by atoms with Gasteiger partial charge in [0, 0.05) is 6.42 Å². The van der Waals surface area contributed by atoms with Crippen molar-refractivity contribution < 1.29 is 15.0 Å². The first kappa shape index (κ1) is 74.8. The molecule has 0 spiro atoms. The van der Waals surface area contributed by atoms with Gasteiger partial charge >= 0.3 is 0 Å². The van der Waals surface area contributed by atoms with Gasteiger partial charge in [-0.25, -0.2) is 0 Å². The lowest BCUT2D eigenvalue weighted by molar-refractivity contribution is -0.123. The molecule has 0 fully saturated rings. The highest BCUT2D eigenvalue weighted by Crippen LogP contribution is 2.17. The standard InChI is InChI=1S/C74H129NO3/c1-3-5-7-9-11-13-15-17-19-21-23-25-27-29-31-33-35-37-39-41-43-45-47-49-51-53-55-57-59-61-63-65-67-69-73(77)72(71-76)75-74(78)70-68-66-64-62-60-58-56-54-52-50-48-46-44-42-40-38-36-34-32-30-28-26-24-22-20-18-16-14-12-10-8-6-4-2/h6,8,12,14,18,20,24,26,30,32,36,38,42,44,51,53,59,61,67,69,72-73,76-77H,3-5,7,9-11,13,15-17,19,21-23,25,27-29,31,33-35,37,39-41,43,45-50,52,54-58,60,62-66,68,70-71H2,1-2H3,(H,75,78)/b8-6-,14-12-,20-18-,26-24-,32-30-,38-36-,44-42-,53-51+,61-59+,69-67+.